The number of nitrogens with zero attached hydrogens (tertiary/aromatic N) is 4. The van der Waals surface area contributed by atoms with Gasteiger partial charge in [-0.3, -0.25) is 4.79 Å². The average Bonchev–Trinajstić information content (AvgIpc) is 2.71. The fourth-order valence-electron chi connectivity index (χ4n) is 2.43. The second-order valence-electron chi connectivity index (χ2n) is 4.99. The third kappa shape index (κ3) is 2.91. The molecule has 1 aliphatic rings. The van der Waals surface area contributed by atoms with Gasteiger partial charge < -0.3 is 15.0 Å². The summed E-state index contributed by atoms with van der Waals surface area (Å²) in [5, 5.41) is 14.5. The van der Waals surface area contributed by atoms with Crippen molar-refractivity contribution in [2.45, 2.75) is 45.7 Å². The van der Waals surface area contributed by atoms with E-state index in [0.29, 0.717) is 5.69 Å². The molecule has 0 aromatic carbocycles. The maximum absolute atomic E-state index is 12.2. The van der Waals surface area contributed by atoms with Crippen molar-refractivity contribution in [1.82, 2.24) is 14.7 Å². The van der Waals surface area contributed by atoms with E-state index in [-0.39, 0.29) is 24.3 Å². The van der Waals surface area contributed by atoms with Gasteiger partial charge in [-0.05, 0) is 38.0 Å². The molecule has 0 bridgehead atoms. The van der Waals surface area contributed by atoms with Crippen LogP contribution in [0.1, 0.15) is 31.9 Å². The minimum absolute atomic E-state index is 0.0201. The maximum Gasteiger partial charge on any atom is 0.390 e. The second-order valence-corrected chi connectivity index (χ2v) is 4.99. The summed E-state index contributed by atoms with van der Waals surface area (Å²) in [6.45, 7) is 4.59. The number of amides is 1. The minimum atomic E-state index is -0.544. The van der Waals surface area contributed by atoms with E-state index in [4.69, 9.17) is 0 Å². The molecule has 1 aromatic heterocycles. The Morgan fingerprint density at radius 2 is 2.32 bits per heavy atom. The van der Waals surface area contributed by atoms with E-state index in [1.807, 2.05) is 11.8 Å². The van der Waals surface area contributed by atoms with E-state index in [1.54, 1.807) is 6.92 Å². The summed E-state index contributed by atoms with van der Waals surface area (Å²) in [7, 11) is 0. The van der Waals surface area contributed by atoms with E-state index in [9.17, 15) is 14.9 Å². The van der Waals surface area contributed by atoms with Gasteiger partial charge in [0.15, 0.2) is 0 Å². The van der Waals surface area contributed by atoms with Crippen molar-refractivity contribution in [3.63, 3.8) is 0 Å². The third-order valence-electron chi connectivity index (χ3n) is 3.56. The second kappa shape index (κ2) is 5.38. The molecule has 1 fully saturated rings. The lowest BCUT2D eigenvalue weighted by molar-refractivity contribution is -0.389. The van der Waals surface area contributed by atoms with Gasteiger partial charge in [-0.25, -0.2) is 0 Å². The van der Waals surface area contributed by atoms with Crippen LogP contribution in [0.3, 0.4) is 0 Å². The lowest BCUT2D eigenvalue weighted by atomic mass is 10.0. The van der Waals surface area contributed by atoms with E-state index in [1.165, 1.54) is 10.7 Å². The molecule has 1 aromatic rings. The SMILES string of the molecule is Cc1cc([N+](=O)[O-])nn1CC(=O)N1CCCC[C@@H]1C. The molecule has 0 spiro atoms. The number of likely N-dealkylation sites (tertiary alicyclic amines) is 1. The van der Waals surface area contributed by atoms with E-state index in [0.717, 1.165) is 25.8 Å². The summed E-state index contributed by atoms with van der Waals surface area (Å²) < 4.78 is 1.40. The molecular formula is C12H18N4O3. The van der Waals surface area contributed by atoms with Crippen molar-refractivity contribution in [2.75, 3.05) is 6.54 Å². The van der Waals surface area contributed by atoms with Crippen molar-refractivity contribution in [1.29, 1.82) is 0 Å². The molecule has 0 N–H and O–H groups in total. The number of carbonyl (C=O) groups is 1. The molecule has 1 saturated heterocycles. The summed E-state index contributed by atoms with van der Waals surface area (Å²) in [6, 6.07) is 1.62. The molecule has 19 heavy (non-hydrogen) atoms. The van der Waals surface area contributed by atoms with Crippen LogP contribution >= 0.6 is 0 Å². The highest BCUT2D eigenvalue weighted by Crippen LogP contribution is 2.17. The van der Waals surface area contributed by atoms with Crippen molar-refractivity contribution >= 4 is 11.7 Å². The predicted molar refractivity (Wildman–Crippen MR) is 68.6 cm³/mol. The normalized spacial score (nSPS) is 19.5. The fourth-order valence-corrected chi connectivity index (χ4v) is 2.43. The molecule has 7 nitrogen and oxygen atoms in total. The number of aryl methyl sites for hydroxylation is 1. The first-order valence-corrected chi connectivity index (χ1v) is 6.47. The molecule has 0 saturated carbocycles. The van der Waals surface area contributed by atoms with Crippen LogP contribution < -0.4 is 0 Å². The Balaban J connectivity index is 2.08. The van der Waals surface area contributed by atoms with E-state index < -0.39 is 4.92 Å². The van der Waals surface area contributed by atoms with Crippen molar-refractivity contribution in [3.8, 4) is 0 Å². The first kappa shape index (κ1) is 13.5. The summed E-state index contributed by atoms with van der Waals surface area (Å²) in [5.74, 6) is -0.231. The Kier molecular flexibility index (Phi) is 3.82. The van der Waals surface area contributed by atoms with E-state index >= 15 is 0 Å². The Bertz CT molecular complexity index is 497. The third-order valence-corrected chi connectivity index (χ3v) is 3.56. The molecular weight excluding hydrogens is 248 g/mol. The van der Waals surface area contributed by atoms with Gasteiger partial charge in [0, 0.05) is 12.6 Å². The molecule has 0 unspecified atom stereocenters. The zero-order valence-corrected chi connectivity index (χ0v) is 11.2. The summed E-state index contributed by atoms with van der Waals surface area (Å²) in [4.78, 5) is 24.1. The van der Waals surface area contributed by atoms with Gasteiger partial charge in [-0.2, -0.15) is 4.68 Å². The molecule has 7 heteroatoms. The van der Waals surface area contributed by atoms with Gasteiger partial charge in [0.2, 0.25) is 5.91 Å². The van der Waals surface area contributed by atoms with Gasteiger partial charge in [-0.1, -0.05) is 0 Å². The van der Waals surface area contributed by atoms with Crippen molar-refractivity contribution in [3.05, 3.63) is 21.9 Å². The lowest BCUT2D eigenvalue weighted by Gasteiger charge is -2.33. The summed E-state index contributed by atoms with van der Waals surface area (Å²) in [5.41, 5.74) is 0.629. The number of aromatic nitrogens is 2. The molecule has 2 rings (SSSR count). The van der Waals surface area contributed by atoms with Crippen molar-refractivity contribution < 1.29 is 9.72 Å². The maximum atomic E-state index is 12.2. The summed E-state index contributed by atoms with van der Waals surface area (Å²) >= 11 is 0. The highest BCUT2D eigenvalue weighted by atomic mass is 16.6. The Labute approximate surface area is 111 Å². The number of piperidine rings is 1. The molecule has 1 aliphatic heterocycles. The predicted octanol–water partition coefficient (Wildman–Crippen LogP) is 1.50. The zero-order valence-electron chi connectivity index (χ0n) is 11.2. The molecule has 0 aliphatic carbocycles. The Morgan fingerprint density at radius 3 is 2.89 bits per heavy atom. The standard InChI is InChI=1S/C12H18N4O3/c1-9-5-3-4-6-14(9)12(17)8-15-10(2)7-11(13-15)16(18)19/h7,9H,3-6,8H2,1-2H3/t9-/m0/s1. The van der Waals surface area contributed by atoms with Crippen LogP contribution in [-0.4, -0.2) is 38.1 Å². The molecule has 1 atom stereocenters. The van der Waals surface area contributed by atoms with Crippen LogP contribution in [0.25, 0.3) is 0 Å². The van der Waals surface area contributed by atoms with Gasteiger partial charge in [0.05, 0.1) is 16.9 Å². The lowest BCUT2D eigenvalue weighted by Crippen LogP contribution is -2.43. The largest absolute Gasteiger partial charge is 0.390 e. The molecule has 2 heterocycles. The summed E-state index contributed by atoms with van der Waals surface area (Å²) in [6.07, 6.45) is 3.19. The zero-order chi connectivity index (χ0) is 14.0. The first-order chi connectivity index (χ1) is 8.99. The number of carbonyl (C=O) groups excluding carboxylic acids is 1. The smallest absolute Gasteiger partial charge is 0.358 e. The van der Waals surface area contributed by atoms with Crippen LogP contribution in [-0.2, 0) is 11.3 Å². The average molecular weight is 266 g/mol. The van der Waals surface area contributed by atoms with Gasteiger partial charge in [0.25, 0.3) is 0 Å². The van der Waals surface area contributed by atoms with Crippen LogP contribution in [0, 0.1) is 17.0 Å². The van der Waals surface area contributed by atoms with Crippen LogP contribution in [0.2, 0.25) is 0 Å². The first-order valence-electron chi connectivity index (χ1n) is 6.47. The molecule has 104 valence electrons. The number of hydrogen-bond acceptors (Lipinski definition) is 4. The molecule has 1 amide bonds. The van der Waals surface area contributed by atoms with Gasteiger partial charge in [0.1, 0.15) is 6.54 Å². The van der Waals surface area contributed by atoms with Gasteiger partial charge in [-0.15, -0.1) is 0 Å². The highest BCUT2D eigenvalue weighted by molar-refractivity contribution is 5.76. The highest BCUT2D eigenvalue weighted by Gasteiger charge is 2.25. The monoisotopic (exact) mass is 266 g/mol. The Hall–Kier alpha value is -1.92. The topological polar surface area (TPSA) is 81.3 Å². The quantitative estimate of drug-likeness (QED) is 0.613. The Morgan fingerprint density at radius 1 is 1.58 bits per heavy atom. The van der Waals surface area contributed by atoms with Gasteiger partial charge >= 0.3 is 5.82 Å². The number of hydrogen-bond donors (Lipinski definition) is 0. The van der Waals surface area contributed by atoms with Crippen LogP contribution in [0.4, 0.5) is 5.82 Å². The minimum Gasteiger partial charge on any atom is -0.358 e. The number of nitro groups is 1. The van der Waals surface area contributed by atoms with Crippen LogP contribution in [0.15, 0.2) is 6.07 Å². The van der Waals surface area contributed by atoms with Crippen LogP contribution in [0.5, 0.6) is 0 Å². The van der Waals surface area contributed by atoms with E-state index in [2.05, 4.69) is 5.10 Å². The van der Waals surface area contributed by atoms with Crippen molar-refractivity contribution in [2.24, 2.45) is 0 Å². The molecule has 0 radical (unpaired) electrons. The fraction of sp³-hybridized carbons (Fsp3) is 0.667. The number of rotatable bonds is 3.